The lowest BCUT2D eigenvalue weighted by Gasteiger charge is -2.27. The van der Waals surface area contributed by atoms with Gasteiger partial charge in [-0.1, -0.05) is 15.9 Å². The SMILES string of the molecule is CC(C)N(CCCC(=O)O)C(=O)Nc1cc(Br)ccc1Br. The quantitative estimate of drug-likeness (QED) is 0.718. The van der Waals surface area contributed by atoms with Crippen molar-refractivity contribution in [2.75, 3.05) is 11.9 Å². The van der Waals surface area contributed by atoms with E-state index in [1.54, 1.807) is 11.0 Å². The highest BCUT2D eigenvalue weighted by Gasteiger charge is 2.18. The van der Waals surface area contributed by atoms with Crippen LogP contribution >= 0.6 is 31.9 Å². The van der Waals surface area contributed by atoms with Gasteiger partial charge in [0, 0.05) is 28.0 Å². The smallest absolute Gasteiger partial charge is 0.322 e. The lowest BCUT2D eigenvalue weighted by atomic mass is 10.2. The van der Waals surface area contributed by atoms with E-state index < -0.39 is 5.97 Å². The van der Waals surface area contributed by atoms with E-state index in [1.807, 2.05) is 26.0 Å². The standard InChI is InChI=1S/C14H18Br2N2O3/c1-9(2)18(7-3-4-13(19)20)14(21)17-12-8-10(15)5-6-11(12)16/h5-6,8-9H,3-4,7H2,1-2H3,(H,17,21)(H,19,20). The Balaban J connectivity index is 2.72. The molecule has 0 bridgehead atoms. The number of aliphatic carboxylic acids is 1. The van der Waals surface area contributed by atoms with Crippen LogP contribution in [0.3, 0.4) is 0 Å². The van der Waals surface area contributed by atoms with Crippen molar-refractivity contribution in [3.05, 3.63) is 27.1 Å². The molecule has 1 aromatic carbocycles. The maximum Gasteiger partial charge on any atom is 0.322 e. The van der Waals surface area contributed by atoms with E-state index in [4.69, 9.17) is 5.11 Å². The summed E-state index contributed by atoms with van der Waals surface area (Å²) in [5.74, 6) is -0.853. The summed E-state index contributed by atoms with van der Waals surface area (Å²) in [6, 6.07) is 5.26. The van der Waals surface area contributed by atoms with Gasteiger partial charge in [-0.25, -0.2) is 4.79 Å². The van der Waals surface area contributed by atoms with Crippen molar-refractivity contribution in [2.24, 2.45) is 0 Å². The number of nitrogens with one attached hydrogen (secondary N) is 1. The van der Waals surface area contributed by atoms with Crippen LogP contribution in [0, 0.1) is 0 Å². The zero-order chi connectivity index (χ0) is 16.0. The average molecular weight is 422 g/mol. The molecule has 0 aliphatic rings. The maximum atomic E-state index is 12.3. The molecule has 1 aromatic rings. The fourth-order valence-electron chi connectivity index (χ4n) is 1.78. The number of hydrogen-bond acceptors (Lipinski definition) is 2. The van der Waals surface area contributed by atoms with Gasteiger partial charge in [0.2, 0.25) is 0 Å². The molecule has 0 atom stereocenters. The molecule has 0 fully saturated rings. The summed E-state index contributed by atoms with van der Waals surface area (Å²) in [5, 5.41) is 11.5. The minimum absolute atomic E-state index is 0.00952. The number of carboxylic acids is 1. The van der Waals surface area contributed by atoms with Gasteiger partial charge in [-0.3, -0.25) is 4.79 Å². The average Bonchev–Trinajstić information content (AvgIpc) is 2.38. The van der Waals surface area contributed by atoms with E-state index in [2.05, 4.69) is 37.2 Å². The van der Waals surface area contributed by atoms with Crippen molar-refractivity contribution in [1.29, 1.82) is 0 Å². The van der Waals surface area contributed by atoms with Crippen molar-refractivity contribution < 1.29 is 14.7 Å². The van der Waals surface area contributed by atoms with Crippen LogP contribution in [-0.4, -0.2) is 34.6 Å². The third-order valence-electron chi connectivity index (χ3n) is 2.84. The summed E-state index contributed by atoms with van der Waals surface area (Å²) in [5.41, 5.74) is 0.665. The highest BCUT2D eigenvalue weighted by molar-refractivity contribution is 9.11. The van der Waals surface area contributed by atoms with E-state index in [0.29, 0.717) is 18.7 Å². The number of carboxylic acid groups (broad SMARTS) is 1. The van der Waals surface area contributed by atoms with Gasteiger partial charge < -0.3 is 15.3 Å². The molecule has 116 valence electrons. The Morgan fingerprint density at radius 3 is 2.57 bits per heavy atom. The molecule has 1 rings (SSSR count). The molecular formula is C14H18Br2N2O3. The fraction of sp³-hybridized carbons (Fsp3) is 0.429. The number of amides is 2. The third-order valence-corrected chi connectivity index (χ3v) is 4.03. The lowest BCUT2D eigenvalue weighted by molar-refractivity contribution is -0.137. The van der Waals surface area contributed by atoms with Crippen LogP contribution in [0.5, 0.6) is 0 Å². The Hall–Kier alpha value is -1.08. The zero-order valence-electron chi connectivity index (χ0n) is 11.9. The molecule has 0 aliphatic carbocycles. The summed E-state index contributed by atoms with van der Waals surface area (Å²) < 4.78 is 1.65. The van der Waals surface area contributed by atoms with Gasteiger partial charge in [-0.15, -0.1) is 0 Å². The van der Waals surface area contributed by atoms with Gasteiger partial charge in [0.1, 0.15) is 0 Å². The number of rotatable bonds is 6. The van der Waals surface area contributed by atoms with Crippen LogP contribution in [-0.2, 0) is 4.79 Å². The van der Waals surface area contributed by atoms with E-state index in [1.165, 1.54) is 0 Å². The molecule has 2 amide bonds. The second-order valence-electron chi connectivity index (χ2n) is 4.84. The zero-order valence-corrected chi connectivity index (χ0v) is 15.1. The minimum Gasteiger partial charge on any atom is -0.481 e. The minimum atomic E-state index is -0.853. The van der Waals surface area contributed by atoms with Crippen molar-refractivity contribution in [2.45, 2.75) is 32.7 Å². The van der Waals surface area contributed by atoms with Crippen LogP contribution in [0.15, 0.2) is 27.1 Å². The molecular weight excluding hydrogens is 404 g/mol. The predicted octanol–water partition coefficient (Wildman–Crippen LogP) is 4.32. The van der Waals surface area contributed by atoms with E-state index in [9.17, 15) is 9.59 Å². The molecule has 0 unspecified atom stereocenters. The second kappa shape index (κ2) is 8.38. The van der Waals surface area contributed by atoms with Gasteiger partial charge in [0.05, 0.1) is 5.69 Å². The number of benzene rings is 1. The summed E-state index contributed by atoms with van der Waals surface area (Å²) in [6.07, 6.45) is 0.484. The first-order valence-corrected chi connectivity index (χ1v) is 8.14. The topological polar surface area (TPSA) is 69.6 Å². The number of anilines is 1. The van der Waals surface area contributed by atoms with Crippen LogP contribution in [0.25, 0.3) is 0 Å². The van der Waals surface area contributed by atoms with E-state index in [-0.39, 0.29) is 18.5 Å². The molecule has 21 heavy (non-hydrogen) atoms. The van der Waals surface area contributed by atoms with Gasteiger partial charge in [0.25, 0.3) is 0 Å². The van der Waals surface area contributed by atoms with E-state index in [0.717, 1.165) is 8.95 Å². The van der Waals surface area contributed by atoms with E-state index >= 15 is 0 Å². The monoisotopic (exact) mass is 420 g/mol. The molecule has 0 aromatic heterocycles. The van der Waals surface area contributed by atoms with Gasteiger partial charge in [-0.2, -0.15) is 0 Å². The number of hydrogen-bond donors (Lipinski definition) is 2. The Morgan fingerprint density at radius 2 is 2.00 bits per heavy atom. The first-order chi connectivity index (χ1) is 9.81. The number of carbonyl (C=O) groups excluding carboxylic acids is 1. The molecule has 0 aliphatic heterocycles. The van der Waals surface area contributed by atoms with Gasteiger partial charge >= 0.3 is 12.0 Å². The van der Waals surface area contributed by atoms with Gasteiger partial charge in [0.15, 0.2) is 0 Å². The first-order valence-electron chi connectivity index (χ1n) is 6.55. The predicted molar refractivity (Wildman–Crippen MR) is 89.6 cm³/mol. The van der Waals surface area contributed by atoms with Crippen LogP contribution in [0.2, 0.25) is 0 Å². The summed E-state index contributed by atoms with van der Waals surface area (Å²) in [7, 11) is 0. The number of nitrogens with zero attached hydrogens (tertiary/aromatic N) is 1. The largest absolute Gasteiger partial charge is 0.481 e. The molecule has 5 nitrogen and oxygen atoms in total. The Labute approximate surface area is 141 Å². The van der Waals surface area contributed by atoms with Crippen molar-refractivity contribution in [1.82, 2.24) is 4.90 Å². The highest BCUT2D eigenvalue weighted by Crippen LogP contribution is 2.26. The first kappa shape index (κ1) is 18.0. The van der Waals surface area contributed by atoms with Crippen LogP contribution in [0.1, 0.15) is 26.7 Å². The molecule has 0 saturated heterocycles. The summed E-state index contributed by atoms with van der Waals surface area (Å²) >= 11 is 6.74. The number of halogens is 2. The molecule has 0 heterocycles. The van der Waals surface area contributed by atoms with Crippen molar-refractivity contribution >= 4 is 49.5 Å². The Bertz CT molecular complexity index is 521. The second-order valence-corrected chi connectivity index (χ2v) is 6.61. The number of carbonyl (C=O) groups is 2. The molecule has 0 saturated carbocycles. The third kappa shape index (κ3) is 6.05. The number of urea groups is 1. The molecule has 2 N–H and O–H groups in total. The highest BCUT2D eigenvalue weighted by atomic mass is 79.9. The normalized spacial score (nSPS) is 10.5. The van der Waals surface area contributed by atoms with Crippen LogP contribution < -0.4 is 5.32 Å². The fourth-order valence-corrected chi connectivity index (χ4v) is 2.48. The molecule has 0 radical (unpaired) electrons. The maximum absolute atomic E-state index is 12.3. The molecule has 0 spiro atoms. The van der Waals surface area contributed by atoms with Crippen molar-refractivity contribution in [3.8, 4) is 0 Å². The van der Waals surface area contributed by atoms with Crippen molar-refractivity contribution in [3.63, 3.8) is 0 Å². The Kier molecular flexibility index (Phi) is 7.17. The molecule has 7 heteroatoms. The summed E-state index contributed by atoms with van der Waals surface area (Å²) in [4.78, 5) is 24.5. The summed E-state index contributed by atoms with van der Waals surface area (Å²) in [6.45, 7) is 4.20. The Morgan fingerprint density at radius 1 is 1.33 bits per heavy atom. The lowest BCUT2D eigenvalue weighted by Crippen LogP contribution is -2.40. The van der Waals surface area contributed by atoms with Crippen LogP contribution in [0.4, 0.5) is 10.5 Å². The van der Waals surface area contributed by atoms with Gasteiger partial charge in [-0.05, 0) is 54.4 Å².